The number of nitrogens with zero attached hydrogens (tertiary/aromatic N) is 6. The molecule has 0 radical (unpaired) electrons. The zero-order valence-electron chi connectivity index (χ0n) is 26.1. The molecule has 1 N–H and O–H groups in total. The molecule has 226 valence electrons. The van der Waals surface area contributed by atoms with Crippen LogP contribution in [0, 0.1) is 25.3 Å². The Labute approximate surface area is 261 Å². The fourth-order valence-electron chi connectivity index (χ4n) is 6.24. The van der Waals surface area contributed by atoms with E-state index >= 15 is 0 Å². The first-order chi connectivity index (χ1) is 21.8. The molecular formula is C36H35N7O2. The molecule has 3 heterocycles. The van der Waals surface area contributed by atoms with Gasteiger partial charge in [-0.15, -0.1) is 4.99 Å². The fraction of sp³-hybridized carbons (Fsp3) is 0.250. The van der Waals surface area contributed by atoms with E-state index in [0.717, 1.165) is 55.4 Å². The second kappa shape index (κ2) is 12.2. The van der Waals surface area contributed by atoms with Gasteiger partial charge in [-0.1, -0.05) is 65.8 Å². The smallest absolute Gasteiger partial charge is 0.222 e. The van der Waals surface area contributed by atoms with Gasteiger partial charge in [0, 0.05) is 24.4 Å². The quantitative estimate of drug-likeness (QED) is 0.199. The van der Waals surface area contributed by atoms with Crippen LogP contribution in [0.2, 0.25) is 0 Å². The molecule has 9 nitrogen and oxygen atoms in total. The summed E-state index contributed by atoms with van der Waals surface area (Å²) in [7, 11) is 1.90. The molecule has 0 spiro atoms. The van der Waals surface area contributed by atoms with Crippen molar-refractivity contribution in [2.75, 3.05) is 0 Å². The second-order valence-corrected chi connectivity index (χ2v) is 11.4. The monoisotopic (exact) mass is 597 g/mol. The van der Waals surface area contributed by atoms with E-state index in [2.05, 4.69) is 51.2 Å². The van der Waals surface area contributed by atoms with Crippen LogP contribution < -0.4 is 10.9 Å². The van der Waals surface area contributed by atoms with Crippen LogP contribution in [0.15, 0.2) is 88.5 Å². The maximum Gasteiger partial charge on any atom is 0.222 e. The highest BCUT2D eigenvalue weighted by Crippen LogP contribution is 2.36. The van der Waals surface area contributed by atoms with Gasteiger partial charge in [0.05, 0.1) is 40.5 Å². The van der Waals surface area contributed by atoms with Crippen LogP contribution >= 0.6 is 0 Å². The largest absolute Gasteiger partial charge is 0.361 e. The number of carbonyl (C=O) groups excluding carboxylic acids is 1. The molecule has 0 saturated heterocycles. The number of benzene rings is 3. The van der Waals surface area contributed by atoms with E-state index in [-0.39, 0.29) is 18.0 Å². The van der Waals surface area contributed by atoms with Crippen molar-refractivity contribution in [3.05, 3.63) is 113 Å². The molecule has 6 rings (SSSR count). The minimum Gasteiger partial charge on any atom is -0.361 e. The van der Waals surface area contributed by atoms with Crippen LogP contribution in [-0.4, -0.2) is 25.2 Å². The standard InChI is InChI=1S/C36H35N7O2/c1-22(26-12-8-6-9-13-26)40-33(44)17-16-28-18-30-31(19-29(28)34-23(2)41-45-25(34)4)38-20-32-35(30)43(36(39-21-37)42(32)5)24(3)27-14-10-7-11-15-27/h6-15,18-20,22,24H,16-17H2,1-5H3,(H,40,44)/b39-36+/t22-,24-/m1/s1. The van der Waals surface area contributed by atoms with Crippen LogP contribution in [0.1, 0.15) is 60.5 Å². The summed E-state index contributed by atoms with van der Waals surface area (Å²) in [6.07, 6.45) is 4.62. The first kappa shape index (κ1) is 29.6. The first-order valence-electron chi connectivity index (χ1n) is 15.1. The minimum absolute atomic E-state index is 0.0323. The summed E-state index contributed by atoms with van der Waals surface area (Å²) in [5.74, 6) is 0.675. The molecule has 0 fully saturated rings. The van der Waals surface area contributed by atoms with Crippen LogP contribution in [0.3, 0.4) is 0 Å². The summed E-state index contributed by atoms with van der Waals surface area (Å²) >= 11 is 0. The predicted octanol–water partition coefficient (Wildman–Crippen LogP) is 6.60. The number of hydrogen-bond donors (Lipinski definition) is 1. The van der Waals surface area contributed by atoms with Crippen molar-refractivity contribution < 1.29 is 9.32 Å². The maximum absolute atomic E-state index is 13.2. The molecule has 3 aromatic heterocycles. The third-order valence-electron chi connectivity index (χ3n) is 8.58. The van der Waals surface area contributed by atoms with Crippen LogP contribution in [0.5, 0.6) is 0 Å². The normalized spacial score (nSPS) is 13.2. The number of aromatic nitrogens is 4. The fourth-order valence-corrected chi connectivity index (χ4v) is 6.24. The molecule has 0 unspecified atom stereocenters. The zero-order chi connectivity index (χ0) is 31.7. The molecule has 6 aromatic rings. The topological polar surface area (TPSA) is 114 Å². The highest BCUT2D eigenvalue weighted by atomic mass is 16.5. The Morgan fingerprint density at radius 3 is 2.38 bits per heavy atom. The van der Waals surface area contributed by atoms with Gasteiger partial charge in [-0.3, -0.25) is 9.78 Å². The Bertz CT molecular complexity index is 2110. The van der Waals surface area contributed by atoms with Crippen LogP contribution in [0.25, 0.3) is 33.1 Å². The second-order valence-electron chi connectivity index (χ2n) is 11.4. The van der Waals surface area contributed by atoms with Gasteiger partial charge >= 0.3 is 0 Å². The van der Waals surface area contributed by atoms with E-state index in [4.69, 9.17) is 9.51 Å². The summed E-state index contributed by atoms with van der Waals surface area (Å²) in [6.45, 7) is 7.92. The number of rotatable bonds is 8. The van der Waals surface area contributed by atoms with Gasteiger partial charge in [0.2, 0.25) is 17.7 Å². The summed E-state index contributed by atoms with van der Waals surface area (Å²) in [5.41, 5.74) is 8.84. The van der Waals surface area contributed by atoms with Gasteiger partial charge in [-0.2, -0.15) is 5.26 Å². The van der Waals surface area contributed by atoms with E-state index in [1.807, 2.05) is 93.3 Å². The van der Waals surface area contributed by atoms with E-state index in [1.54, 1.807) is 0 Å². The number of pyridine rings is 1. The van der Waals surface area contributed by atoms with E-state index < -0.39 is 0 Å². The number of imidazole rings is 1. The van der Waals surface area contributed by atoms with Gasteiger partial charge in [0.25, 0.3) is 0 Å². The number of nitriles is 1. The number of aryl methyl sites for hydroxylation is 4. The van der Waals surface area contributed by atoms with Gasteiger partial charge in [-0.05, 0) is 68.5 Å². The number of amides is 1. The lowest BCUT2D eigenvalue weighted by atomic mass is 9.93. The zero-order valence-corrected chi connectivity index (χ0v) is 26.1. The third-order valence-corrected chi connectivity index (χ3v) is 8.58. The van der Waals surface area contributed by atoms with Gasteiger partial charge in [-0.25, -0.2) is 0 Å². The highest BCUT2D eigenvalue weighted by molar-refractivity contribution is 6.04. The summed E-state index contributed by atoms with van der Waals surface area (Å²) < 4.78 is 9.57. The molecule has 0 aliphatic carbocycles. The Morgan fingerprint density at radius 1 is 1.04 bits per heavy atom. The average Bonchev–Trinajstić information content (AvgIpc) is 3.54. The molecule has 45 heavy (non-hydrogen) atoms. The highest BCUT2D eigenvalue weighted by Gasteiger charge is 2.23. The molecule has 0 bridgehead atoms. The van der Waals surface area contributed by atoms with E-state index in [0.29, 0.717) is 24.2 Å². The van der Waals surface area contributed by atoms with Crippen molar-refractivity contribution in [2.24, 2.45) is 12.0 Å². The molecule has 0 aliphatic heterocycles. The van der Waals surface area contributed by atoms with Crippen molar-refractivity contribution in [1.29, 1.82) is 5.26 Å². The predicted molar refractivity (Wildman–Crippen MR) is 174 cm³/mol. The van der Waals surface area contributed by atoms with Gasteiger partial charge < -0.3 is 19.0 Å². The van der Waals surface area contributed by atoms with Crippen molar-refractivity contribution in [3.8, 4) is 17.3 Å². The summed E-state index contributed by atoms with van der Waals surface area (Å²) in [4.78, 5) is 22.3. The molecule has 2 atom stereocenters. The Hall–Kier alpha value is -5.49. The van der Waals surface area contributed by atoms with Crippen LogP contribution in [-0.2, 0) is 18.3 Å². The Kier molecular flexibility index (Phi) is 8.05. The average molecular weight is 598 g/mol. The van der Waals surface area contributed by atoms with Crippen molar-refractivity contribution in [3.63, 3.8) is 0 Å². The lowest BCUT2D eigenvalue weighted by Gasteiger charge is -2.18. The Morgan fingerprint density at radius 2 is 1.73 bits per heavy atom. The molecule has 9 heteroatoms. The van der Waals surface area contributed by atoms with Crippen molar-refractivity contribution >= 4 is 27.8 Å². The number of nitrogens with one attached hydrogen (secondary N) is 1. The third kappa shape index (κ3) is 5.51. The van der Waals surface area contributed by atoms with E-state index in [1.165, 1.54) is 0 Å². The first-order valence-corrected chi connectivity index (χ1v) is 15.1. The molecule has 1 amide bonds. The van der Waals surface area contributed by atoms with Crippen molar-refractivity contribution in [2.45, 2.75) is 52.6 Å². The number of fused-ring (bicyclic) bond motifs is 3. The molecular weight excluding hydrogens is 562 g/mol. The maximum atomic E-state index is 13.2. The SMILES string of the molecule is Cc1noc(C)c1-c1cc2ncc3c(c2cc1CCC(=O)N[C@H](C)c1ccccc1)n([C@H](C)c1ccccc1)/c(=N/C#N)n3C. The lowest BCUT2D eigenvalue weighted by molar-refractivity contribution is -0.121. The summed E-state index contributed by atoms with van der Waals surface area (Å²) in [6, 6.07) is 24.1. The Balaban J connectivity index is 1.51. The molecule has 0 saturated carbocycles. The van der Waals surface area contributed by atoms with E-state index in [9.17, 15) is 10.1 Å². The summed E-state index contributed by atoms with van der Waals surface area (Å²) in [5, 5.41) is 17.9. The lowest BCUT2D eigenvalue weighted by Crippen LogP contribution is -2.27. The number of hydrogen-bond acceptors (Lipinski definition) is 6. The molecule has 0 aliphatic rings. The minimum atomic E-state index is -0.122. The van der Waals surface area contributed by atoms with Gasteiger partial charge in [0.15, 0.2) is 0 Å². The molecule has 3 aromatic carbocycles. The van der Waals surface area contributed by atoms with Gasteiger partial charge in [0.1, 0.15) is 5.76 Å². The van der Waals surface area contributed by atoms with Crippen LogP contribution in [0.4, 0.5) is 0 Å². The number of carbonyl (C=O) groups is 1. The van der Waals surface area contributed by atoms with Crippen molar-refractivity contribution in [1.82, 2.24) is 24.6 Å².